The first kappa shape index (κ1) is 8.72. The zero-order valence-corrected chi connectivity index (χ0v) is 7.99. The summed E-state index contributed by atoms with van der Waals surface area (Å²) < 4.78 is 12.9. The zero-order chi connectivity index (χ0) is 8.27. The third-order valence-electron chi connectivity index (χ3n) is 1.74. The standard InChI is InChI=1S/C9H10BrF/c1-7-8(5-6-10)3-2-4-9(7)11/h2-4H,5-6H2,1H3. The lowest BCUT2D eigenvalue weighted by atomic mass is 10.1. The first-order valence-electron chi connectivity index (χ1n) is 3.55. The van der Waals surface area contributed by atoms with E-state index in [1.54, 1.807) is 6.07 Å². The van der Waals surface area contributed by atoms with Crippen LogP contribution >= 0.6 is 15.9 Å². The van der Waals surface area contributed by atoms with Crippen LogP contribution < -0.4 is 0 Å². The van der Waals surface area contributed by atoms with E-state index in [9.17, 15) is 4.39 Å². The summed E-state index contributed by atoms with van der Waals surface area (Å²) in [5.41, 5.74) is 1.86. The molecule has 0 fully saturated rings. The maximum Gasteiger partial charge on any atom is 0.126 e. The van der Waals surface area contributed by atoms with Gasteiger partial charge in [0.05, 0.1) is 0 Å². The Morgan fingerprint density at radius 3 is 2.82 bits per heavy atom. The van der Waals surface area contributed by atoms with Crippen molar-refractivity contribution in [2.75, 3.05) is 5.33 Å². The number of hydrogen-bond donors (Lipinski definition) is 0. The van der Waals surface area contributed by atoms with Crippen molar-refractivity contribution >= 4 is 15.9 Å². The normalized spacial score (nSPS) is 10.1. The van der Waals surface area contributed by atoms with Gasteiger partial charge in [-0.3, -0.25) is 0 Å². The maximum absolute atomic E-state index is 12.9. The molecular weight excluding hydrogens is 207 g/mol. The SMILES string of the molecule is Cc1c(F)cccc1CCBr. The van der Waals surface area contributed by atoms with Gasteiger partial charge in [0.1, 0.15) is 5.82 Å². The molecule has 11 heavy (non-hydrogen) atoms. The lowest BCUT2D eigenvalue weighted by Crippen LogP contribution is -1.92. The van der Waals surface area contributed by atoms with Gasteiger partial charge in [-0.25, -0.2) is 4.39 Å². The molecule has 1 aromatic carbocycles. The van der Waals surface area contributed by atoms with Crippen molar-refractivity contribution in [2.45, 2.75) is 13.3 Å². The summed E-state index contributed by atoms with van der Waals surface area (Å²) in [6.07, 6.45) is 0.892. The lowest BCUT2D eigenvalue weighted by molar-refractivity contribution is 0.616. The summed E-state index contributed by atoms with van der Waals surface area (Å²) in [5, 5.41) is 0.886. The molecule has 0 aliphatic carbocycles. The van der Waals surface area contributed by atoms with E-state index in [-0.39, 0.29) is 5.82 Å². The van der Waals surface area contributed by atoms with Crippen molar-refractivity contribution in [3.05, 3.63) is 35.1 Å². The van der Waals surface area contributed by atoms with Crippen LogP contribution in [0.1, 0.15) is 11.1 Å². The molecule has 0 saturated heterocycles. The number of rotatable bonds is 2. The number of benzene rings is 1. The minimum atomic E-state index is -0.108. The Morgan fingerprint density at radius 1 is 1.45 bits per heavy atom. The molecule has 0 aromatic heterocycles. The summed E-state index contributed by atoms with van der Waals surface area (Å²) in [5.74, 6) is -0.108. The molecule has 0 atom stereocenters. The molecule has 0 nitrogen and oxygen atoms in total. The molecule has 0 aliphatic heterocycles. The van der Waals surface area contributed by atoms with Crippen LogP contribution in [0.15, 0.2) is 18.2 Å². The molecule has 0 amide bonds. The second-order valence-corrected chi connectivity index (χ2v) is 3.26. The predicted octanol–water partition coefficient (Wildman–Crippen LogP) is 3.07. The van der Waals surface area contributed by atoms with Gasteiger partial charge in [-0.2, -0.15) is 0 Å². The predicted molar refractivity (Wildman–Crippen MR) is 48.6 cm³/mol. The minimum absolute atomic E-state index is 0.108. The Morgan fingerprint density at radius 2 is 2.18 bits per heavy atom. The number of halogens is 2. The van der Waals surface area contributed by atoms with Gasteiger partial charge >= 0.3 is 0 Å². The molecule has 0 saturated carbocycles. The molecule has 2 heteroatoms. The van der Waals surface area contributed by atoms with Crippen molar-refractivity contribution in [3.8, 4) is 0 Å². The Bertz CT molecular complexity index is 245. The fourth-order valence-corrected chi connectivity index (χ4v) is 1.45. The van der Waals surface area contributed by atoms with Gasteiger partial charge in [-0.15, -0.1) is 0 Å². The summed E-state index contributed by atoms with van der Waals surface area (Å²) in [6.45, 7) is 1.81. The van der Waals surface area contributed by atoms with Crippen LogP contribution in [0.3, 0.4) is 0 Å². The fraction of sp³-hybridized carbons (Fsp3) is 0.333. The average molecular weight is 217 g/mol. The van der Waals surface area contributed by atoms with E-state index in [0.29, 0.717) is 0 Å². The third kappa shape index (κ3) is 2.03. The van der Waals surface area contributed by atoms with Gasteiger partial charge in [-0.05, 0) is 30.5 Å². The van der Waals surface area contributed by atoms with Gasteiger partial charge in [0.25, 0.3) is 0 Å². The number of aryl methyl sites for hydroxylation is 1. The lowest BCUT2D eigenvalue weighted by Gasteiger charge is -2.03. The van der Waals surface area contributed by atoms with Gasteiger partial charge in [0, 0.05) is 5.33 Å². The molecule has 1 aromatic rings. The van der Waals surface area contributed by atoms with Crippen LogP contribution in [-0.4, -0.2) is 5.33 Å². The van der Waals surface area contributed by atoms with E-state index >= 15 is 0 Å². The Kier molecular flexibility index (Phi) is 3.06. The molecule has 0 spiro atoms. The van der Waals surface area contributed by atoms with Crippen molar-refractivity contribution in [1.82, 2.24) is 0 Å². The molecule has 0 bridgehead atoms. The molecule has 0 unspecified atom stereocenters. The smallest absolute Gasteiger partial charge is 0.126 e. The largest absolute Gasteiger partial charge is 0.207 e. The summed E-state index contributed by atoms with van der Waals surface area (Å²) in [4.78, 5) is 0. The summed E-state index contributed by atoms with van der Waals surface area (Å²) in [6, 6.07) is 5.20. The average Bonchev–Trinajstić information content (AvgIpc) is 1.99. The Hall–Kier alpha value is -0.370. The molecule has 1 rings (SSSR count). The highest BCUT2D eigenvalue weighted by molar-refractivity contribution is 9.09. The van der Waals surface area contributed by atoms with Crippen LogP contribution in [0.2, 0.25) is 0 Å². The highest BCUT2D eigenvalue weighted by atomic mass is 79.9. The van der Waals surface area contributed by atoms with E-state index in [4.69, 9.17) is 0 Å². The Balaban J connectivity index is 2.96. The quantitative estimate of drug-likeness (QED) is 0.668. The van der Waals surface area contributed by atoms with Gasteiger partial charge in [-0.1, -0.05) is 28.1 Å². The van der Waals surface area contributed by atoms with E-state index in [0.717, 1.165) is 22.9 Å². The van der Waals surface area contributed by atoms with Crippen LogP contribution in [0, 0.1) is 12.7 Å². The fourth-order valence-electron chi connectivity index (χ4n) is 1.02. The maximum atomic E-state index is 12.9. The number of alkyl halides is 1. The minimum Gasteiger partial charge on any atom is -0.207 e. The van der Waals surface area contributed by atoms with Gasteiger partial charge < -0.3 is 0 Å². The molecule has 0 radical (unpaired) electrons. The van der Waals surface area contributed by atoms with Crippen LogP contribution in [0.25, 0.3) is 0 Å². The van der Waals surface area contributed by atoms with Crippen molar-refractivity contribution in [1.29, 1.82) is 0 Å². The summed E-state index contributed by atoms with van der Waals surface area (Å²) >= 11 is 3.32. The first-order valence-corrected chi connectivity index (χ1v) is 4.68. The van der Waals surface area contributed by atoms with E-state index in [2.05, 4.69) is 15.9 Å². The molecule has 0 aliphatic rings. The third-order valence-corrected chi connectivity index (χ3v) is 2.14. The monoisotopic (exact) mass is 216 g/mol. The zero-order valence-electron chi connectivity index (χ0n) is 6.40. The van der Waals surface area contributed by atoms with Gasteiger partial charge in [0.2, 0.25) is 0 Å². The topological polar surface area (TPSA) is 0 Å². The van der Waals surface area contributed by atoms with Crippen molar-refractivity contribution in [3.63, 3.8) is 0 Å². The van der Waals surface area contributed by atoms with Crippen molar-refractivity contribution in [2.24, 2.45) is 0 Å². The molecular formula is C9H10BrF. The van der Waals surface area contributed by atoms with E-state index < -0.39 is 0 Å². The van der Waals surface area contributed by atoms with Crippen LogP contribution in [0.4, 0.5) is 4.39 Å². The summed E-state index contributed by atoms with van der Waals surface area (Å²) in [7, 11) is 0. The number of hydrogen-bond acceptors (Lipinski definition) is 0. The first-order chi connectivity index (χ1) is 5.25. The Labute approximate surface area is 74.6 Å². The van der Waals surface area contributed by atoms with Crippen molar-refractivity contribution < 1.29 is 4.39 Å². The highest BCUT2D eigenvalue weighted by Crippen LogP contribution is 2.12. The molecule has 60 valence electrons. The van der Waals surface area contributed by atoms with Crippen LogP contribution in [-0.2, 0) is 6.42 Å². The van der Waals surface area contributed by atoms with E-state index in [1.807, 2.05) is 13.0 Å². The highest BCUT2D eigenvalue weighted by Gasteiger charge is 2.00. The second-order valence-electron chi connectivity index (χ2n) is 2.46. The van der Waals surface area contributed by atoms with E-state index in [1.165, 1.54) is 6.07 Å². The molecule has 0 heterocycles. The molecule has 0 N–H and O–H groups in total. The van der Waals surface area contributed by atoms with Crippen LogP contribution in [0.5, 0.6) is 0 Å². The van der Waals surface area contributed by atoms with Gasteiger partial charge in [0.15, 0.2) is 0 Å². The second kappa shape index (κ2) is 3.86.